The van der Waals surface area contributed by atoms with Gasteiger partial charge in [-0.25, -0.2) is 4.57 Å². The van der Waals surface area contributed by atoms with Crippen molar-refractivity contribution in [2.75, 3.05) is 12.0 Å². The van der Waals surface area contributed by atoms with E-state index in [1.807, 2.05) is 0 Å². The van der Waals surface area contributed by atoms with E-state index in [1.165, 1.54) is 0 Å². The molecule has 0 aromatic rings. The average Bonchev–Trinajstić information content (AvgIpc) is 1.95. The molecule has 0 spiro atoms. The summed E-state index contributed by atoms with van der Waals surface area (Å²) in [5, 5.41) is 8.42. The van der Waals surface area contributed by atoms with Gasteiger partial charge in [-0.1, -0.05) is 4.21 Å². The van der Waals surface area contributed by atoms with Gasteiger partial charge in [0.25, 0.3) is 0 Å². The summed E-state index contributed by atoms with van der Waals surface area (Å²) in [6.45, 7) is 0. The molecular weight excluding hydrogens is 247 g/mol. The zero-order valence-corrected chi connectivity index (χ0v) is 9.70. The molecular formula is C5H14N2O6PS+. The molecule has 8 nitrogen and oxygen atoms in total. The summed E-state index contributed by atoms with van der Waals surface area (Å²) in [6.07, 6.45) is 0.971. The third kappa shape index (κ3) is 7.60. The van der Waals surface area contributed by atoms with E-state index in [4.69, 9.17) is 20.6 Å². The predicted molar refractivity (Wildman–Crippen MR) is 54.3 cm³/mol. The number of carbonyl (C=O) groups is 1. The van der Waals surface area contributed by atoms with E-state index in [9.17, 15) is 13.6 Å². The second kappa shape index (κ2) is 5.15. The molecule has 0 radical (unpaired) electrons. The van der Waals surface area contributed by atoms with Gasteiger partial charge < -0.3 is 20.6 Å². The summed E-state index contributed by atoms with van der Waals surface area (Å²) in [5.41, 5.74) is 5.14. The van der Waals surface area contributed by atoms with E-state index in [-0.39, 0.29) is 12.2 Å². The lowest BCUT2D eigenvalue weighted by atomic mass is 10.2. The molecule has 1 unspecified atom stereocenters. The Kier molecular flexibility index (Phi) is 5.04. The number of aliphatic carboxylic acids is 1. The van der Waals surface area contributed by atoms with E-state index in [0.29, 0.717) is 0 Å². The fourth-order valence-corrected chi connectivity index (χ4v) is 3.85. The minimum Gasteiger partial charge on any atom is -0.480 e. The quantitative estimate of drug-likeness (QED) is 0.289. The average molecular weight is 261 g/mol. The lowest BCUT2D eigenvalue weighted by molar-refractivity contribution is -0.138. The molecule has 0 saturated carbocycles. The maximum atomic E-state index is 11.5. The van der Waals surface area contributed by atoms with Gasteiger partial charge in [-0.15, -0.1) is 0 Å². The molecule has 15 heavy (non-hydrogen) atoms. The summed E-state index contributed by atoms with van der Waals surface area (Å²) < 4.78 is 23.6. The topological polar surface area (TPSA) is 150 Å². The molecule has 0 aromatic carbocycles. The third-order valence-corrected chi connectivity index (χ3v) is 4.96. The Balaban J connectivity index is 4.23. The van der Waals surface area contributed by atoms with Crippen LogP contribution in [0.25, 0.3) is 0 Å². The monoisotopic (exact) mass is 261 g/mol. The third-order valence-electron chi connectivity index (χ3n) is 1.45. The molecule has 0 amide bonds. The molecule has 0 saturated heterocycles. The highest BCUT2D eigenvalue weighted by Crippen LogP contribution is 2.31. The smallest absolute Gasteiger partial charge is 0.441 e. The lowest BCUT2D eigenvalue weighted by Crippen LogP contribution is -2.36. The Morgan fingerprint density at radius 2 is 2.07 bits per heavy atom. The van der Waals surface area contributed by atoms with E-state index in [2.05, 4.69) is 0 Å². The first-order chi connectivity index (χ1) is 6.53. The van der Waals surface area contributed by atoms with Crippen LogP contribution in [0.4, 0.5) is 0 Å². The first-order valence-corrected chi connectivity index (χ1v) is 7.58. The van der Waals surface area contributed by atoms with Crippen LogP contribution in [0.3, 0.4) is 0 Å². The number of nitrogens with one attached hydrogen (secondary N) is 1. The minimum absolute atomic E-state index is 0.127. The number of hydrogen-bond acceptors (Lipinski definition) is 4. The van der Waals surface area contributed by atoms with Crippen LogP contribution in [-0.2, 0) is 23.7 Å². The van der Waals surface area contributed by atoms with Gasteiger partial charge in [-0.3, -0.25) is 4.79 Å². The molecule has 6 N–H and O–H groups in total. The number of nitrogens with two attached hydrogens (primary N) is 1. The van der Waals surface area contributed by atoms with Gasteiger partial charge in [0.15, 0.2) is 10.1 Å². The molecule has 90 valence electrons. The van der Waals surface area contributed by atoms with Gasteiger partial charge in [0.2, 0.25) is 0 Å². The molecule has 0 bridgehead atoms. The molecule has 0 aromatic heterocycles. The molecule has 0 aliphatic carbocycles. The fourth-order valence-electron chi connectivity index (χ4n) is 0.773. The van der Waals surface area contributed by atoms with E-state index in [1.54, 1.807) is 4.49 Å². The van der Waals surface area contributed by atoms with Crippen molar-refractivity contribution in [3.8, 4) is 0 Å². The Hall–Kier alpha value is -0.310. The Bertz CT molecular complexity index is 327. The largest absolute Gasteiger partial charge is 0.480 e. The Morgan fingerprint density at radius 1 is 1.60 bits per heavy atom. The maximum Gasteiger partial charge on any atom is 0.441 e. The fraction of sp³-hybridized carbons (Fsp3) is 0.800. The zero-order chi connectivity index (χ0) is 12.3. The zero-order valence-electron chi connectivity index (χ0n) is 7.99. The molecule has 0 aliphatic rings. The first kappa shape index (κ1) is 14.7. The van der Waals surface area contributed by atoms with Gasteiger partial charge in [0.1, 0.15) is 18.1 Å². The van der Waals surface area contributed by atoms with Crippen molar-refractivity contribution in [1.29, 1.82) is 0 Å². The Morgan fingerprint density at radius 3 is 2.40 bits per heavy atom. The van der Waals surface area contributed by atoms with Crippen molar-refractivity contribution < 1.29 is 28.5 Å². The van der Waals surface area contributed by atoms with Crippen molar-refractivity contribution in [1.82, 2.24) is 4.49 Å². The van der Waals surface area contributed by atoms with Crippen molar-refractivity contribution >= 4 is 23.8 Å². The maximum absolute atomic E-state index is 11.5. The normalized spacial score (nSPS) is 18.1. The van der Waals surface area contributed by atoms with E-state index < -0.39 is 29.9 Å². The van der Waals surface area contributed by atoms with Crippen molar-refractivity contribution in [3.63, 3.8) is 0 Å². The minimum atomic E-state index is -4.58. The molecule has 10 heteroatoms. The van der Waals surface area contributed by atoms with Gasteiger partial charge >= 0.3 is 13.7 Å². The van der Waals surface area contributed by atoms with Crippen molar-refractivity contribution in [3.05, 3.63) is 0 Å². The van der Waals surface area contributed by atoms with E-state index >= 15 is 0 Å². The van der Waals surface area contributed by atoms with Gasteiger partial charge in [0, 0.05) is 6.42 Å². The van der Waals surface area contributed by atoms with Crippen LogP contribution in [0.15, 0.2) is 0 Å². The molecule has 0 aliphatic heterocycles. The van der Waals surface area contributed by atoms with Crippen LogP contribution in [0.5, 0.6) is 0 Å². The summed E-state index contributed by atoms with van der Waals surface area (Å²) in [4.78, 5) is 27.3. The molecule has 0 fully saturated rings. The van der Waals surface area contributed by atoms with Crippen molar-refractivity contribution in [2.45, 2.75) is 12.5 Å². The van der Waals surface area contributed by atoms with E-state index in [0.717, 1.165) is 6.26 Å². The first-order valence-electron chi connectivity index (χ1n) is 3.83. The summed E-state index contributed by atoms with van der Waals surface area (Å²) in [6, 6.07) is -1.19. The van der Waals surface area contributed by atoms with Crippen LogP contribution in [-0.4, -0.2) is 38.9 Å². The Labute approximate surface area is 87.6 Å². The number of carboxylic acids is 1. The molecule has 0 rings (SSSR count). The van der Waals surface area contributed by atoms with Gasteiger partial charge in [0.05, 0.1) is 0 Å². The van der Waals surface area contributed by atoms with Crippen molar-refractivity contribution in [2.24, 2.45) is 5.73 Å². The standard InChI is InChI=1S/C5H13N2O6PS/c1-15(13,7-14(10,11)12)3-2-4(6)5(8)9/h4H,2-3,6H2,1H3,(H3-,7,8,9,10,11,12,13)/p+1/t4-,15?/m0/s1. The summed E-state index contributed by atoms with van der Waals surface area (Å²) >= 11 is 0. The second-order valence-corrected chi connectivity index (χ2v) is 7.31. The van der Waals surface area contributed by atoms with Crippen LogP contribution in [0.1, 0.15) is 6.42 Å². The van der Waals surface area contributed by atoms with Crippen LogP contribution in [0.2, 0.25) is 0 Å². The van der Waals surface area contributed by atoms with Crippen LogP contribution >= 0.6 is 7.75 Å². The summed E-state index contributed by atoms with van der Waals surface area (Å²) in [7, 11) is -7.56. The summed E-state index contributed by atoms with van der Waals surface area (Å²) in [5.74, 6) is -1.47. The predicted octanol–water partition coefficient (Wildman–Crippen LogP) is -1.48. The van der Waals surface area contributed by atoms with Gasteiger partial charge in [-0.05, 0) is 4.49 Å². The highest BCUT2D eigenvalue weighted by molar-refractivity contribution is 8.04. The van der Waals surface area contributed by atoms with Crippen LogP contribution < -0.4 is 10.2 Å². The molecule has 0 heterocycles. The second-order valence-electron chi connectivity index (χ2n) is 3.08. The van der Waals surface area contributed by atoms with Gasteiger partial charge in [-0.2, -0.15) is 0 Å². The number of hydrogen-bond donors (Lipinski definition) is 5. The highest BCUT2D eigenvalue weighted by Gasteiger charge is 2.32. The van der Waals surface area contributed by atoms with Crippen LogP contribution in [0, 0.1) is 0 Å². The highest BCUT2D eigenvalue weighted by atomic mass is 32.3. The molecule has 2 atom stereocenters. The lowest BCUT2D eigenvalue weighted by Gasteiger charge is -2.10. The number of carboxylic acid groups (broad SMARTS) is 1. The number of rotatable bonds is 6. The SMILES string of the molecule is C[S+](=O)(CC[C@H](N)C(=O)O)NP(=O)(O)O.